The van der Waals surface area contributed by atoms with Crippen molar-refractivity contribution in [3.05, 3.63) is 32.7 Å². The first kappa shape index (κ1) is 16.9. The fourth-order valence-electron chi connectivity index (χ4n) is 3.23. The summed E-state index contributed by atoms with van der Waals surface area (Å²) in [7, 11) is 0. The fourth-order valence-corrected chi connectivity index (χ4v) is 4.11. The second kappa shape index (κ2) is 6.99. The van der Waals surface area contributed by atoms with Crippen LogP contribution in [-0.4, -0.2) is 28.8 Å². The van der Waals surface area contributed by atoms with Crippen molar-refractivity contribution < 1.29 is 19.2 Å². The van der Waals surface area contributed by atoms with Crippen LogP contribution in [0, 0.1) is 10.1 Å². The van der Waals surface area contributed by atoms with Gasteiger partial charge in [0, 0.05) is 0 Å². The van der Waals surface area contributed by atoms with E-state index in [0.717, 1.165) is 25.7 Å². The van der Waals surface area contributed by atoms with Crippen LogP contribution in [0.25, 0.3) is 6.08 Å². The molecule has 0 bridgehead atoms. The number of rotatable bonds is 3. The highest BCUT2D eigenvalue weighted by atomic mass is 32.2. The molecular formula is C17H17N3O5S. The molecule has 0 unspecified atom stereocenters. The van der Waals surface area contributed by atoms with Crippen LogP contribution in [0.5, 0.6) is 11.5 Å². The van der Waals surface area contributed by atoms with Gasteiger partial charge in [-0.1, -0.05) is 19.3 Å². The Morgan fingerprint density at radius 3 is 2.69 bits per heavy atom. The van der Waals surface area contributed by atoms with Crippen LogP contribution in [-0.2, 0) is 4.79 Å². The molecule has 2 heterocycles. The Morgan fingerprint density at radius 2 is 1.96 bits per heavy atom. The summed E-state index contributed by atoms with van der Waals surface area (Å²) in [5.74, 6) is 0.473. The molecule has 3 aliphatic rings. The Labute approximate surface area is 153 Å². The van der Waals surface area contributed by atoms with E-state index in [4.69, 9.17) is 9.47 Å². The van der Waals surface area contributed by atoms with Gasteiger partial charge in [0.1, 0.15) is 0 Å². The van der Waals surface area contributed by atoms with Gasteiger partial charge in [0.15, 0.2) is 16.7 Å². The monoisotopic (exact) mass is 375 g/mol. The number of hydrogen-bond acceptors (Lipinski definition) is 7. The van der Waals surface area contributed by atoms with Crippen LogP contribution in [0.3, 0.4) is 0 Å². The van der Waals surface area contributed by atoms with Gasteiger partial charge in [-0.25, -0.2) is 0 Å². The molecule has 0 spiro atoms. The number of nitrogens with zero attached hydrogens (tertiary/aromatic N) is 2. The summed E-state index contributed by atoms with van der Waals surface area (Å²) in [5.41, 5.74) is 0.170. The van der Waals surface area contributed by atoms with Gasteiger partial charge in [0.05, 0.1) is 27.5 Å². The number of carbonyl (C=O) groups is 1. The Hall–Kier alpha value is -2.55. The van der Waals surface area contributed by atoms with Gasteiger partial charge >= 0.3 is 0 Å². The molecule has 4 rings (SSSR count). The number of amides is 1. The van der Waals surface area contributed by atoms with Gasteiger partial charge in [0.25, 0.3) is 11.6 Å². The predicted molar refractivity (Wildman–Crippen MR) is 97.2 cm³/mol. The molecular weight excluding hydrogens is 358 g/mol. The molecule has 1 N–H and O–H groups in total. The molecule has 1 amide bonds. The van der Waals surface area contributed by atoms with Crippen molar-refractivity contribution in [2.75, 3.05) is 6.79 Å². The zero-order valence-electron chi connectivity index (χ0n) is 13.9. The fraction of sp³-hybridized carbons (Fsp3) is 0.412. The highest BCUT2D eigenvalue weighted by Crippen LogP contribution is 2.40. The number of ether oxygens (including phenoxy) is 2. The lowest BCUT2D eigenvalue weighted by molar-refractivity contribution is -0.385. The van der Waals surface area contributed by atoms with Crippen LogP contribution in [0.4, 0.5) is 5.69 Å². The van der Waals surface area contributed by atoms with Crippen LogP contribution in [0.1, 0.15) is 37.7 Å². The largest absolute Gasteiger partial charge is 0.454 e. The average molecular weight is 375 g/mol. The normalized spacial score (nSPS) is 22.8. The van der Waals surface area contributed by atoms with Crippen molar-refractivity contribution in [3.8, 4) is 11.5 Å². The minimum absolute atomic E-state index is 0.0277. The minimum atomic E-state index is -0.497. The van der Waals surface area contributed by atoms with Crippen molar-refractivity contribution in [1.82, 2.24) is 5.32 Å². The maximum atomic E-state index is 12.2. The summed E-state index contributed by atoms with van der Waals surface area (Å²) in [6, 6.07) is 3.09. The highest BCUT2D eigenvalue weighted by molar-refractivity contribution is 8.18. The molecule has 8 nitrogen and oxygen atoms in total. The third-order valence-electron chi connectivity index (χ3n) is 4.53. The summed E-state index contributed by atoms with van der Waals surface area (Å²) in [4.78, 5) is 28.1. The molecule has 0 radical (unpaired) electrons. The van der Waals surface area contributed by atoms with Crippen LogP contribution < -0.4 is 14.8 Å². The number of benzene rings is 1. The smallest absolute Gasteiger partial charge is 0.280 e. The molecule has 26 heavy (non-hydrogen) atoms. The maximum Gasteiger partial charge on any atom is 0.280 e. The molecule has 0 atom stereocenters. The molecule has 1 aromatic rings. The van der Waals surface area contributed by atoms with Crippen molar-refractivity contribution in [2.24, 2.45) is 4.99 Å². The topological polar surface area (TPSA) is 103 Å². The first-order chi connectivity index (χ1) is 12.6. The van der Waals surface area contributed by atoms with E-state index in [2.05, 4.69) is 10.3 Å². The molecule has 1 saturated heterocycles. The molecule has 0 aromatic heterocycles. The van der Waals surface area contributed by atoms with Gasteiger partial charge in [-0.05, 0) is 36.7 Å². The molecule has 1 aliphatic carbocycles. The number of carbonyl (C=O) groups excluding carboxylic acids is 1. The number of nitrogens with one attached hydrogen (secondary N) is 1. The van der Waals surface area contributed by atoms with Crippen molar-refractivity contribution >= 4 is 34.6 Å². The first-order valence-electron chi connectivity index (χ1n) is 8.47. The number of thioether (sulfide) groups is 1. The van der Waals surface area contributed by atoms with E-state index in [9.17, 15) is 14.9 Å². The summed E-state index contributed by atoms with van der Waals surface area (Å²) >= 11 is 1.22. The lowest BCUT2D eigenvalue weighted by Gasteiger charge is -2.17. The molecule has 1 aromatic carbocycles. The van der Waals surface area contributed by atoms with Crippen molar-refractivity contribution in [2.45, 2.75) is 38.1 Å². The van der Waals surface area contributed by atoms with Crippen LogP contribution >= 0.6 is 11.8 Å². The number of nitro groups is 1. The quantitative estimate of drug-likeness (QED) is 0.494. The third kappa shape index (κ3) is 3.39. The number of fused-ring (bicyclic) bond motifs is 1. The second-order valence-electron chi connectivity index (χ2n) is 6.31. The van der Waals surface area contributed by atoms with Crippen LogP contribution in [0.15, 0.2) is 22.0 Å². The average Bonchev–Trinajstić information content (AvgIpc) is 3.21. The lowest BCUT2D eigenvalue weighted by Crippen LogP contribution is -2.22. The zero-order valence-corrected chi connectivity index (χ0v) is 14.7. The SMILES string of the molecule is O=C1NC(=NC2CCCCC2)SC1=Cc1cc2c(cc1[N+](=O)[O-])OCO2. The van der Waals surface area contributed by atoms with E-state index in [1.807, 2.05) is 0 Å². The number of aliphatic imine (C=N–C) groups is 1. The molecule has 2 fully saturated rings. The maximum absolute atomic E-state index is 12.2. The first-order valence-corrected chi connectivity index (χ1v) is 9.28. The molecule has 1 saturated carbocycles. The summed E-state index contributed by atoms with van der Waals surface area (Å²) in [6.07, 6.45) is 7.13. The Kier molecular flexibility index (Phi) is 4.54. The van der Waals surface area contributed by atoms with Gasteiger partial charge < -0.3 is 14.8 Å². The van der Waals surface area contributed by atoms with Gasteiger partial charge in [-0.3, -0.25) is 19.9 Å². The number of hydrogen-bond donors (Lipinski definition) is 1. The second-order valence-corrected chi connectivity index (χ2v) is 7.34. The molecule has 2 aliphatic heterocycles. The van der Waals surface area contributed by atoms with Gasteiger partial charge in [-0.2, -0.15) is 0 Å². The van der Waals surface area contributed by atoms with E-state index >= 15 is 0 Å². The standard InChI is InChI=1S/C17H17N3O5S/c21-16-15(26-17(19-16)18-11-4-2-1-3-5-11)7-10-6-13-14(25-9-24-13)8-12(10)20(22)23/h6-8,11H,1-5,9H2,(H,18,19,21). The summed E-state index contributed by atoms with van der Waals surface area (Å²) < 4.78 is 10.5. The van der Waals surface area contributed by atoms with E-state index in [0.29, 0.717) is 27.1 Å². The third-order valence-corrected chi connectivity index (χ3v) is 5.45. The van der Waals surface area contributed by atoms with Crippen molar-refractivity contribution in [3.63, 3.8) is 0 Å². The minimum Gasteiger partial charge on any atom is -0.454 e. The number of nitro benzene ring substituents is 1. The van der Waals surface area contributed by atoms with Crippen LogP contribution in [0.2, 0.25) is 0 Å². The Balaban J connectivity index is 1.61. The van der Waals surface area contributed by atoms with E-state index in [1.54, 1.807) is 0 Å². The van der Waals surface area contributed by atoms with Crippen molar-refractivity contribution in [1.29, 1.82) is 0 Å². The van der Waals surface area contributed by atoms with Gasteiger partial charge in [-0.15, -0.1) is 0 Å². The summed E-state index contributed by atoms with van der Waals surface area (Å²) in [6.45, 7) is 0.0277. The Morgan fingerprint density at radius 1 is 1.23 bits per heavy atom. The molecule has 136 valence electrons. The zero-order chi connectivity index (χ0) is 18.1. The van der Waals surface area contributed by atoms with E-state index < -0.39 is 4.92 Å². The summed E-state index contributed by atoms with van der Waals surface area (Å²) in [5, 5.41) is 14.7. The van der Waals surface area contributed by atoms with E-state index in [1.165, 1.54) is 36.4 Å². The predicted octanol–water partition coefficient (Wildman–Crippen LogP) is 3.22. The molecule has 9 heteroatoms. The van der Waals surface area contributed by atoms with E-state index in [-0.39, 0.29) is 24.4 Å². The van der Waals surface area contributed by atoms with Gasteiger partial charge in [0.2, 0.25) is 6.79 Å². The Bertz CT molecular complexity index is 830. The highest BCUT2D eigenvalue weighted by Gasteiger charge is 2.28. The lowest BCUT2D eigenvalue weighted by atomic mass is 9.96. The number of amidine groups is 1.